The molecule has 0 radical (unpaired) electrons. The molecule has 0 unspecified atom stereocenters. The highest BCUT2D eigenvalue weighted by atomic mass is 32.2. The first-order valence-electron chi connectivity index (χ1n) is 6.76. The molecular formula is C13H17N3O4S. The van der Waals surface area contributed by atoms with Gasteiger partial charge in [-0.2, -0.15) is 0 Å². The summed E-state index contributed by atoms with van der Waals surface area (Å²) < 4.78 is 37.3. The molecule has 21 heavy (non-hydrogen) atoms. The Kier molecular flexibility index (Phi) is 3.83. The van der Waals surface area contributed by atoms with Crippen molar-refractivity contribution in [2.75, 3.05) is 0 Å². The Balaban J connectivity index is 1.68. The van der Waals surface area contributed by atoms with Crippen LogP contribution < -0.4 is 10.0 Å². The quantitative estimate of drug-likeness (QED) is 0.800. The molecule has 8 heteroatoms. The maximum atomic E-state index is 12.3. The van der Waals surface area contributed by atoms with Gasteiger partial charge in [-0.1, -0.05) is 5.16 Å². The molecule has 2 N–H and O–H groups in total. The fourth-order valence-corrected chi connectivity index (χ4v) is 3.18. The van der Waals surface area contributed by atoms with Crippen molar-refractivity contribution in [1.29, 1.82) is 0 Å². The van der Waals surface area contributed by atoms with Crippen LogP contribution in [-0.4, -0.2) is 19.6 Å². The van der Waals surface area contributed by atoms with Crippen LogP contribution in [0.1, 0.15) is 30.1 Å². The van der Waals surface area contributed by atoms with Crippen molar-refractivity contribution in [2.45, 2.75) is 43.8 Å². The predicted molar refractivity (Wildman–Crippen MR) is 73.8 cm³/mol. The topological polar surface area (TPSA) is 97.4 Å². The van der Waals surface area contributed by atoms with Crippen LogP contribution in [0.2, 0.25) is 0 Å². The van der Waals surface area contributed by atoms with Crippen LogP contribution in [0.4, 0.5) is 0 Å². The number of sulfonamides is 1. The lowest BCUT2D eigenvalue weighted by Crippen LogP contribution is -2.23. The number of hydrogen-bond donors (Lipinski definition) is 2. The summed E-state index contributed by atoms with van der Waals surface area (Å²) in [5, 5.41) is 6.81. The van der Waals surface area contributed by atoms with Crippen molar-refractivity contribution in [3.63, 3.8) is 0 Å². The van der Waals surface area contributed by atoms with E-state index in [1.165, 1.54) is 19.0 Å². The molecule has 1 saturated carbocycles. The van der Waals surface area contributed by atoms with Crippen LogP contribution in [0.15, 0.2) is 32.2 Å². The Labute approximate surface area is 122 Å². The molecule has 0 saturated heterocycles. The zero-order valence-electron chi connectivity index (χ0n) is 11.6. The fourth-order valence-electron chi connectivity index (χ4n) is 1.99. The van der Waals surface area contributed by atoms with Crippen molar-refractivity contribution >= 4 is 10.0 Å². The summed E-state index contributed by atoms with van der Waals surface area (Å²) in [4.78, 5) is 0.162. The molecular weight excluding hydrogens is 294 g/mol. The molecule has 0 aromatic carbocycles. The fraction of sp³-hybridized carbons (Fsp3) is 0.462. The van der Waals surface area contributed by atoms with Gasteiger partial charge < -0.3 is 14.3 Å². The molecule has 2 aromatic heterocycles. The predicted octanol–water partition coefficient (Wildman–Crippen LogP) is 1.31. The maximum absolute atomic E-state index is 12.3. The normalized spacial score (nSPS) is 15.5. The minimum atomic E-state index is -3.63. The number of aromatic nitrogens is 1. The van der Waals surface area contributed by atoms with Gasteiger partial charge in [0.1, 0.15) is 16.4 Å². The molecule has 0 aliphatic heterocycles. The van der Waals surface area contributed by atoms with Crippen LogP contribution in [-0.2, 0) is 23.1 Å². The highest BCUT2D eigenvalue weighted by Gasteiger charge is 2.24. The third kappa shape index (κ3) is 3.52. The van der Waals surface area contributed by atoms with Crippen molar-refractivity contribution in [1.82, 2.24) is 15.2 Å². The summed E-state index contributed by atoms with van der Waals surface area (Å²) in [6.07, 6.45) is 3.81. The molecule has 3 rings (SSSR count). The van der Waals surface area contributed by atoms with Gasteiger partial charge in [0.25, 0.3) is 0 Å². The maximum Gasteiger partial charge on any atom is 0.244 e. The van der Waals surface area contributed by atoms with Crippen LogP contribution >= 0.6 is 0 Å². The molecule has 0 spiro atoms. The Morgan fingerprint density at radius 3 is 2.81 bits per heavy atom. The van der Waals surface area contributed by atoms with Crippen LogP contribution in [0.25, 0.3) is 0 Å². The summed E-state index contributed by atoms with van der Waals surface area (Å²) in [6, 6.07) is 3.71. The third-order valence-corrected chi connectivity index (χ3v) is 4.79. The first-order chi connectivity index (χ1) is 10.0. The van der Waals surface area contributed by atoms with Gasteiger partial charge in [-0.3, -0.25) is 0 Å². The number of furan rings is 1. The largest absolute Gasteiger partial charge is 0.464 e. The minimum absolute atomic E-state index is 0.0581. The number of nitrogens with one attached hydrogen (secondary N) is 2. The van der Waals surface area contributed by atoms with E-state index in [1.54, 1.807) is 19.1 Å². The molecule has 1 aliphatic carbocycles. The second-order valence-electron chi connectivity index (χ2n) is 5.09. The first kappa shape index (κ1) is 14.3. The van der Waals surface area contributed by atoms with Crippen molar-refractivity contribution in [3.8, 4) is 0 Å². The second kappa shape index (κ2) is 5.63. The van der Waals surface area contributed by atoms with E-state index in [9.17, 15) is 8.42 Å². The minimum Gasteiger partial charge on any atom is -0.464 e. The molecule has 1 fully saturated rings. The van der Waals surface area contributed by atoms with Gasteiger partial charge in [-0.15, -0.1) is 0 Å². The average molecular weight is 311 g/mol. The number of aryl methyl sites for hydroxylation is 1. The van der Waals surface area contributed by atoms with Gasteiger partial charge in [0.05, 0.1) is 19.3 Å². The lowest BCUT2D eigenvalue weighted by atomic mass is 10.4. The molecule has 0 amide bonds. The highest BCUT2D eigenvalue weighted by Crippen LogP contribution is 2.23. The summed E-state index contributed by atoms with van der Waals surface area (Å²) in [7, 11) is -3.63. The zero-order chi connectivity index (χ0) is 14.9. The molecule has 114 valence electrons. The monoisotopic (exact) mass is 311 g/mol. The SMILES string of the molecule is Cc1oc(CNC2CC2)cc1S(=O)(=O)NCc1ccno1. The standard InChI is InChI=1S/C13H17N3O4S/c1-9-13(6-12(19-9)7-14-10-2-3-10)21(17,18)16-8-11-4-5-15-20-11/h4-6,10,14,16H,2-3,7-8H2,1H3. The molecule has 1 aliphatic rings. The zero-order valence-corrected chi connectivity index (χ0v) is 12.4. The van der Waals surface area contributed by atoms with Gasteiger partial charge in [0.2, 0.25) is 10.0 Å². The van der Waals surface area contributed by atoms with Gasteiger partial charge >= 0.3 is 0 Å². The molecule has 7 nitrogen and oxygen atoms in total. The van der Waals surface area contributed by atoms with Crippen LogP contribution in [0.3, 0.4) is 0 Å². The van der Waals surface area contributed by atoms with E-state index in [0.717, 1.165) is 0 Å². The summed E-state index contributed by atoms with van der Waals surface area (Å²) in [5.41, 5.74) is 0. The summed E-state index contributed by atoms with van der Waals surface area (Å²) >= 11 is 0. The van der Waals surface area contributed by atoms with E-state index in [2.05, 4.69) is 15.2 Å². The van der Waals surface area contributed by atoms with E-state index in [1.807, 2.05) is 0 Å². The number of nitrogens with zero attached hydrogens (tertiary/aromatic N) is 1. The lowest BCUT2D eigenvalue weighted by molar-refractivity contribution is 0.380. The van der Waals surface area contributed by atoms with E-state index in [-0.39, 0.29) is 11.4 Å². The number of rotatable bonds is 7. The summed E-state index contributed by atoms with van der Waals surface area (Å²) in [5.74, 6) is 1.46. The average Bonchev–Trinajstić information content (AvgIpc) is 2.97. The smallest absolute Gasteiger partial charge is 0.244 e. The van der Waals surface area contributed by atoms with E-state index >= 15 is 0 Å². The first-order valence-corrected chi connectivity index (χ1v) is 8.25. The Morgan fingerprint density at radius 1 is 1.33 bits per heavy atom. The third-order valence-electron chi connectivity index (χ3n) is 3.28. The highest BCUT2D eigenvalue weighted by molar-refractivity contribution is 7.89. The van der Waals surface area contributed by atoms with Crippen molar-refractivity contribution in [2.24, 2.45) is 0 Å². The van der Waals surface area contributed by atoms with E-state index < -0.39 is 10.0 Å². The Morgan fingerprint density at radius 2 is 2.14 bits per heavy atom. The van der Waals surface area contributed by atoms with Gasteiger partial charge in [0.15, 0.2) is 5.76 Å². The molecule has 2 heterocycles. The Hall–Kier alpha value is -1.64. The van der Waals surface area contributed by atoms with Crippen LogP contribution in [0.5, 0.6) is 0 Å². The summed E-state index contributed by atoms with van der Waals surface area (Å²) in [6.45, 7) is 2.25. The van der Waals surface area contributed by atoms with Gasteiger partial charge in [0, 0.05) is 18.2 Å². The van der Waals surface area contributed by atoms with Gasteiger partial charge in [-0.05, 0) is 19.8 Å². The second-order valence-corrected chi connectivity index (χ2v) is 6.83. The van der Waals surface area contributed by atoms with E-state index in [0.29, 0.717) is 29.9 Å². The van der Waals surface area contributed by atoms with Gasteiger partial charge in [-0.25, -0.2) is 13.1 Å². The molecule has 2 aromatic rings. The molecule has 0 atom stereocenters. The Bertz CT molecular complexity index is 702. The lowest BCUT2D eigenvalue weighted by Gasteiger charge is -2.02. The number of hydrogen-bond acceptors (Lipinski definition) is 6. The van der Waals surface area contributed by atoms with Crippen LogP contribution in [0, 0.1) is 6.92 Å². The van der Waals surface area contributed by atoms with Crippen molar-refractivity contribution < 1.29 is 17.4 Å². The van der Waals surface area contributed by atoms with Crippen molar-refractivity contribution in [3.05, 3.63) is 35.6 Å². The van der Waals surface area contributed by atoms with E-state index in [4.69, 9.17) is 8.94 Å². The molecule has 0 bridgehead atoms.